The van der Waals surface area contributed by atoms with Gasteiger partial charge in [0.25, 0.3) is 0 Å². The lowest BCUT2D eigenvalue weighted by Gasteiger charge is -2.33. The molecule has 1 rings (SSSR count). The summed E-state index contributed by atoms with van der Waals surface area (Å²) >= 11 is 0. The topological polar surface area (TPSA) is 32.3 Å². The highest BCUT2D eigenvalue weighted by atomic mass is 16.3. The van der Waals surface area contributed by atoms with Crippen LogP contribution in [0.5, 0.6) is 0 Å². The molecule has 2 nitrogen and oxygen atoms in total. The van der Waals surface area contributed by atoms with Crippen LogP contribution in [-0.4, -0.2) is 23.3 Å². The fraction of sp³-hybridized carbons (Fsp3) is 1.00. The van der Waals surface area contributed by atoms with Gasteiger partial charge in [0.1, 0.15) is 0 Å². The van der Waals surface area contributed by atoms with Gasteiger partial charge in [-0.05, 0) is 52.0 Å². The molecule has 0 heterocycles. The fourth-order valence-electron chi connectivity index (χ4n) is 2.09. The summed E-state index contributed by atoms with van der Waals surface area (Å²) < 4.78 is 0. The Morgan fingerprint density at radius 2 is 1.80 bits per heavy atom. The molecule has 1 aliphatic carbocycles. The molecular weight excluding hydrogens is 186 g/mol. The maximum Gasteiger partial charge on any atom is 0.0688 e. The maximum absolute atomic E-state index is 9.59. The molecule has 90 valence electrons. The second-order valence-corrected chi connectivity index (χ2v) is 5.90. The molecule has 0 radical (unpaired) electrons. The molecule has 0 amide bonds. The van der Waals surface area contributed by atoms with Gasteiger partial charge in [-0.25, -0.2) is 0 Å². The lowest BCUT2D eigenvalue weighted by Crippen LogP contribution is -2.50. The van der Waals surface area contributed by atoms with Gasteiger partial charge in [-0.15, -0.1) is 0 Å². The van der Waals surface area contributed by atoms with Crippen molar-refractivity contribution in [3.8, 4) is 0 Å². The zero-order valence-electron chi connectivity index (χ0n) is 10.7. The second-order valence-electron chi connectivity index (χ2n) is 5.90. The van der Waals surface area contributed by atoms with E-state index in [1.165, 1.54) is 25.7 Å². The first-order valence-corrected chi connectivity index (χ1v) is 6.35. The smallest absolute Gasteiger partial charge is 0.0688 e. The molecule has 0 aliphatic heterocycles. The fourth-order valence-corrected chi connectivity index (χ4v) is 2.09. The molecule has 1 fully saturated rings. The summed E-state index contributed by atoms with van der Waals surface area (Å²) in [5.74, 6) is 1.74. The van der Waals surface area contributed by atoms with Crippen LogP contribution in [0.15, 0.2) is 0 Å². The van der Waals surface area contributed by atoms with Crippen LogP contribution >= 0.6 is 0 Å². The lowest BCUT2D eigenvalue weighted by atomic mass is 9.82. The van der Waals surface area contributed by atoms with Gasteiger partial charge in [0.05, 0.1) is 6.10 Å². The van der Waals surface area contributed by atoms with E-state index < -0.39 is 0 Å². The SMILES string of the molecule is CC1CCC(CNC(C)(C)C(C)O)CC1. The minimum Gasteiger partial charge on any atom is -0.392 e. The van der Waals surface area contributed by atoms with Crippen LogP contribution in [0.25, 0.3) is 0 Å². The van der Waals surface area contributed by atoms with Gasteiger partial charge in [-0.3, -0.25) is 0 Å². The van der Waals surface area contributed by atoms with E-state index in [0.717, 1.165) is 18.4 Å². The molecule has 0 bridgehead atoms. The molecule has 2 N–H and O–H groups in total. The second kappa shape index (κ2) is 5.31. The van der Waals surface area contributed by atoms with Crippen molar-refractivity contribution in [3.05, 3.63) is 0 Å². The molecule has 1 aliphatic rings. The lowest BCUT2D eigenvalue weighted by molar-refractivity contribution is 0.0908. The van der Waals surface area contributed by atoms with Gasteiger partial charge in [0, 0.05) is 5.54 Å². The molecule has 0 spiro atoms. The highest BCUT2D eigenvalue weighted by Crippen LogP contribution is 2.28. The molecule has 15 heavy (non-hydrogen) atoms. The average molecular weight is 213 g/mol. The predicted molar refractivity (Wildman–Crippen MR) is 64.9 cm³/mol. The van der Waals surface area contributed by atoms with Crippen LogP contribution in [0.2, 0.25) is 0 Å². The molecule has 0 aromatic carbocycles. The van der Waals surface area contributed by atoms with Crippen LogP contribution in [0.3, 0.4) is 0 Å². The predicted octanol–water partition coefficient (Wildman–Crippen LogP) is 2.56. The first-order chi connectivity index (χ1) is 6.92. The van der Waals surface area contributed by atoms with E-state index in [0.29, 0.717) is 0 Å². The average Bonchev–Trinajstić information content (AvgIpc) is 2.17. The Morgan fingerprint density at radius 3 is 2.27 bits per heavy atom. The zero-order valence-corrected chi connectivity index (χ0v) is 10.7. The number of nitrogens with one attached hydrogen (secondary N) is 1. The van der Waals surface area contributed by atoms with Crippen LogP contribution in [0.1, 0.15) is 53.4 Å². The minimum atomic E-state index is -0.292. The largest absolute Gasteiger partial charge is 0.392 e. The molecule has 0 saturated heterocycles. The molecule has 1 unspecified atom stereocenters. The van der Waals surface area contributed by atoms with Crippen LogP contribution in [-0.2, 0) is 0 Å². The standard InChI is InChI=1S/C13H27NO/c1-10-5-7-12(8-6-10)9-14-13(3,4)11(2)15/h10-12,14-15H,5-9H2,1-4H3. The van der Waals surface area contributed by atoms with Crippen molar-refractivity contribution in [2.75, 3.05) is 6.54 Å². The van der Waals surface area contributed by atoms with E-state index >= 15 is 0 Å². The van der Waals surface area contributed by atoms with Crippen molar-refractivity contribution < 1.29 is 5.11 Å². The van der Waals surface area contributed by atoms with Gasteiger partial charge in [0.15, 0.2) is 0 Å². The van der Waals surface area contributed by atoms with Gasteiger partial charge < -0.3 is 10.4 Å². The summed E-state index contributed by atoms with van der Waals surface area (Å²) in [5.41, 5.74) is -0.150. The third-order valence-corrected chi connectivity index (χ3v) is 4.03. The van der Waals surface area contributed by atoms with Gasteiger partial charge in [-0.1, -0.05) is 19.8 Å². The quantitative estimate of drug-likeness (QED) is 0.752. The number of hydrogen-bond acceptors (Lipinski definition) is 2. The highest BCUT2D eigenvalue weighted by Gasteiger charge is 2.25. The van der Waals surface area contributed by atoms with E-state index in [4.69, 9.17) is 0 Å². The van der Waals surface area contributed by atoms with Crippen molar-refractivity contribution in [2.24, 2.45) is 11.8 Å². The molecule has 1 saturated carbocycles. The van der Waals surface area contributed by atoms with E-state index in [-0.39, 0.29) is 11.6 Å². The first-order valence-electron chi connectivity index (χ1n) is 6.35. The Bertz CT molecular complexity index is 181. The molecule has 0 aromatic rings. The minimum absolute atomic E-state index is 0.150. The Morgan fingerprint density at radius 1 is 1.27 bits per heavy atom. The van der Waals surface area contributed by atoms with E-state index in [1.807, 2.05) is 6.92 Å². The molecule has 2 heteroatoms. The molecule has 1 atom stereocenters. The van der Waals surface area contributed by atoms with E-state index in [1.54, 1.807) is 0 Å². The third kappa shape index (κ3) is 4.12. The molecule has 0 aromatic heterocycles. The Balaban J connectivity index is 2.25. The number of rotatable bonds is 4. The maximum atomic E-state index is 9.59. The van der Waals surface area contributed by atoms with Crippen molar-refractivity contribution >= 4 is 0 Å². The Kier molecular flexibility index (Phi) is 4.60. The third-order valence-electron chi connectivity index (χ3n) is 4.03. The molecular formula is C13H27NO. The van der Waals surface area contributed by atoms with Gasteiger partial charge in [-0.2, -0.15) is 0 Å². The van der Waals surface area contributed by atoms with Gasteiger partial charge >= 0.3 is 0 Å². The summed E-state index contributed by atoms with van der Waals surface area (Å²) in [7, 11) is 0. The highest BCUT2D eigenvalue weighted by molar-refractivity contribution is 4.84. The van der Waals surface area contributed by atoms with Gasteiger partial charge in [0.2, 0.25) is 0 Å². The first kappa shape index (κ1) is 13.0. The summed E-state index contributed by atoms with van der Waals surface area (Å²) in [6.45, 7) is 9.41. The number of aliphatic hydroxyl groups is 1. The van der Waals surface area contributed by atoms with Crippen molar-refractivity contribution in [3.63, 3.8) is 0 Å². The van der Waals surface area contributed by atoms with E-state index in [2.05, 4.69) is 26.1 Å². The van der Waals surface area contributed by atoms with Crippen molar-refractivity contribution in [1.82, 2.24) is 5.32 Å². The Labute approximate surface area is 94.5 Å². The summed E-state index contributed by atoms with van der Waals surface area (Å²) in [6, 6.07) is 0. The van der Waals surface area contributed by atoms with Crippen LogP contribution < -0.4 is 5.32 Å². The number of aliphatic hydroxyl groups excluding tert-OH is 1. The Hall–Kier alpha value is -0.0800. The van der Waals surface area contributed by atoms with E-state index in [9.17, 15) is 5.11 Å². The zero-order chi connectivity index (χ0) is 11.5. The monoisotopic (exact) mass is 213 g/mol. The summed E-state index contributed by atoms with van der Waals surface area (Å²) in [6.07, 6.45) is 5.16. The summed E-state index contributed by atoms with van der Waals surface area (Å²) in [4.78, 5) is 0. The van der Waals surface area contributed by atoms with Crippen molar-refractivity contribution in [2.45, 2.75) is 65.0 Å². The number of hydrogen-bond donors (Lipinski definition) is 2. The van der Waals surface area contributed by atoms with Crippen molar-refractivity contribution in [1.29, 1.82) is 0 Å². The van der Waals surface area contributed by atoms with Crippen LogP contribution in [0.4, 0.5) is 0 Å². The summed E-state index contributed by atoms with van der Waals surface area (Å²) in [5, 5.41) is 13.1. The van der Waals surface area contributed by atoms with Crippen LogP contribution in [0, 0.1) is 11.8 Å². The normalized spacial score (nSPS) is 30.2.